The van der Waals surface area contributed by atoms with Crippen LogP contribution in [-0.4, -0.2) is 41.4 Å². The van der Waals surface area contributed by atoms with Gasteiger partial charge in [-0.15, -0.1) is 11.3 Å². The summed E-state index contributed by atoms with van der Waals surface area (Å²) < 4.78 is 18.2. The SMILES string of the molecule is O=[S@]1CCc2nc(N3CCc4nc(-c5ccccn5)sc4C3)nc(Nc3ccc4ncoc4c3)c21. The highest BCUT2D eigenvalue weighted by Crippen LogP contribution is 2.35. The maximum absolute atomic E-state index is 12.8. The maximum Gasteiger partial charge on any atom is 0.227 e. The second kappa shape index (κ2) is 8.21. The van der Waals surface area contributed by atoms with E-state index in [1.165, 1.54) is 11.3 Å². The van der Waals surface area contributed by atoms with Crippen molar-refractivity contribution >= 4 is 50.7 Å². The Hall–Kier alpha value is -3.70. The van der Waals surface area contributed by atoms with Crippen molar-refractivity contribution in [3.63, 3.8) is 0 Å². The zero-order valence-electron chi connectivity index (χ0n) is 18.5. The van der Waals surface area contributed by atoms with Crippen LogP contribution in [0.4, 0.5) is 17.5 Å². The summed E-state index contributed by atoms with van der Waals surface area (Å²) in [4.78, 5) is 27.2. The van der Waals surface area contributed by atoms with E-state index in [1.54, 1.807) is 17.5 Å². The summed E-state index contributed by atoms with van der Waals surface area (Å²) in [5.41, 5.74) is 5.12. The monoisotopic (exact) mass is 501 g/mol. The predicted octanol–water partition coefficient (Wildman–Crippen LogP) is 4.11. The normalized spacial score (nSPS) is 16.9. The minimum atomic E-state index is -1.13. The van der Waals surface area contributed by atoms with Crippen molar-refractivity contribution < 1.29 is 8.63 Å². The zero-order valence-corrected chi connectivity index (χ0v) is 20.1. The molecule has 4 aromatic heterocycles. The van der Waals surface area contributed by atoms with Crippen molar-refractivity contribution in [1.82, 2.24) is 24.9 Å². The number of oxazole rings is 1. The Morgan fingerprint density at radius 1 is 1.06 bits per heavy atom. The summed E-state index contributed by atoms with van der Waals surface area (Å²) in [7, 11) is -1.13. The molecule has 0 spiro atoms. The lowest BCUT2D eigenvalue weighted by atomic mass is 10.2. The highest BCUT2D eigenvalue weighted by Gasteiger charge is 2.29. The highest BCUT2D eigenvalue weighted by atomic mass is 32.2. The van der Waals surface area contributed by atoms with Gasteiger partial charge in [-0.05, 0) is 24.3 Å². The van der Waals surface area contributed by atoms with Crippen molar-refractivity contribution in [3.05, 3.63) is 65.3 Å². The van der Waals surface area contributed by atoms with Crippen LogP contribution < -0.4 is 10.2 Å². The van der Waals surface area contributed by atoms with Crippen molar-refractivity contribution in [2.45, 2.75) is 24.3 Å². The first kappa shape index (κ1) is 20.7. The Labute approximate surface area is 206 Å². The van der Waals surface area contributed by atoms with Gasteiger partial charge in [-0.3, -0.25) is 9.19 Å². The summed E-state index contributed by atoms with van der Waals surface area (Å²) >= 11 is 1.67. The fraction of sp³-hybridized carbons (Fsp3) is 0.208. The molecule has 2 aliphatic rings. The van der Waals surface area contributed by atoms with Crippen molar-refractivity contribution in [2.75, 3.05) is 22.5 Å². The van der Waals surface area contributed by atoms with E-state index < -0.39 is 10.8 Å². The molecule has 1 aromatic carbocycles. The number of fused-ring (bicyclic) bond motifs is 3. The second-order valence-electron chi connectivity index (χ2n) is 8.38. The number of hydrogen-bond donors (Lipinski definition) is 1. The first-order valence-electron chi connectivity index (χ1n) is 11.3. The lowest BCUT2D eigenvalue weighted by molar-refractivity contribution is 0.602. The summed E-state index contributed by atoms with van der Waals surface area (Å²) in [6.45, 7) is 1.45. The Bertz CT molecular complexity index is 1600. The molecule has 0 amide bonds. The fourth-order valence-corrected chi connectivity index (χ4v) is 6.85. The number of pyridine rings is 1. The molecule has 0 radical (unpaired) electrons. The molecule has 11 heteroatoms. The molecule has 2 aliphatic heterocycles. The van der Waals surface area contributed by atoms with Gasteiger partial charge >= 0.3 is 0 Å². The number of anilines is 3. The van der Waals surface area contributed by atoms with Gasteiger partial charge in [-0.1, -0.05) is 6.07 Å². The summed E-state index contributed by atoms with van der Waals surface area (Å²) in [5.74, 6) is 1.80. The smallest absolute Gasteiger partial charge is 0.227 e. The number of aromatic nitrogens is 5. The third-order valence-electron chi connectivity index (χ3n) is 6.17. The van der Waals surface area contributed by atoms with E-state index >= 15 is 0 Å². The first-order valence-corrected chi connectivity index (χ1v) is 13.4. The summed E-state index contributed by atoms with van der Waals surface area (Å²) in [6, 6.07) is 11.5. The van der Waals surface area contributed by atoms with Crippen LogP contribution in [0.2, 0.25) is 0 Å². The molecular weight excluding hydrogens is 482 g/mol. The molecule has 0 bridgehead atoms. The summed E-state index contributed by atoms with van der Waals surface area (Å²) in [5, 5.41) is 4.30. The van der Waals surface area contributed by atoms with E-state index in [0.29, 0.717) is 41.0 Å². The number of thiazole rings is 1. The van der Waals surface area contributed by atoms with Gasteiger partial charge in [0.2, 0.25) is 5.95 Å². The van der Waals surface area contributed by atoms with Crippen molar-refractivity contribution in [1.29, 1.82) is 0 Å². The Kier molecular flexibility index (Phi) is 4.84. The number of hydrogen-bond acceptors (Lipinski definition) is 10. The molecule has 0 aliphatic carbocycles. The topological polar surface area (TPSA) is 110 Å². The molecule has 1 atom stereocenters. The van der Waals surface area contributed by atoms with Crippen LogP contribution in [-0.2, 0) is 30.2 Å². The van der Waals surface area contributed by atoms with Crippen LogP contribution in [0.5, 0.6) is 0 Å². The van der Waals surface area contributed by atoms with Gasteiger partial charge in [0, 0.05) is 48.0 Å². The van der Waals surface area contributed by atoms with Gasteiger partial charge in [0.15, 0.2) is 17.8 Å². The van der Waals surface area contributed by atoms with E-state index in [1.807, 2.05) is 36.4 Å². The highest BCUT2D eigenvalue weighted by molar-refractivity contribution is 7.85. The number of rotatable bonds is 4. The number of benzene rings is 1. The Balaban J connectivity index is 1.22. The third-order valence-corrected chi connectivity index (χ3v) is 8.73. The van der Waals surface area contributed by atoms with E-state index in [0.717, 1.165) is 46.3 Å². The van der Waals surface area contributed by atoms with Crippen LogP contribution in [0.3, 0.4) is 0 Å². The molecular formula is C24H19N7O2S2. The molecule has 174 valence electrons. The van der Waals surface area contributed by atoms with Gasteiger partial charge in [-0.2, -0.15) is 4.98 Å². The van der Waals surface area contributed by atoms with Crippen LogP contribution in [0.15, 0.2) is 58.3 Å². The number of nitrogens with one attached hydrogen (secondary N) is 1. The number of nitrogens with zero attached hydrogens (tertiary/aromatic N) is 6. The van der Waals surface area contributed by atoms with E-state index in [2.05, 4.69) is 20.2 Å². The molecule has 0 saturated heterocycles. The molecule has 0 unspecified atom stereocenters. The van der Waals surface area contributed by atoms with Gasteiger partial charge in [0.25, 0.3) is 0 Å². The summed E-state index contributed by atoms with van der Waals surface area (Å²) in [6.07, 6.45) is 4.71. The van der Waals surface area contributed by atoms with Crippen molar-refractivity contribution in [3.8, 4) is 10.7 Å². The quantitative estimate of drug-likeness (QED) is 0.389. The van der Waals surface area contributed by atoms with Crippen LogP contribution in [0.25, 0.3) is 21.8 Å². The Morgan fingerprint density at radius 3 is 2.94 bits per heavy atom. The van der Waals surface area contributed by atoms with Gasteiger partial charge in [-0.25, -0.2) is 15.0 Å². The largest absolute Gasteiger partial charge is 0.443 e. The molecule has 6 heterocycles. The molecule has 5 aromatic rings. The molecule has 35 heavy (non-hydrogen) atoms. The maximum atomic E-state index is 12.8. The third kappa shape index (κ3) is 3.67. The Morgan fingerprint density at radius 2 is 2.03 bits per heavy atom. The van der Waals surface area contributed by atoms with Crippen molar-refractivity contribution in [2.24, 2.45) is 0 Å². The predicted molar refractivity (Wildman–Crippen MR) is 134 cm³/mol. The van der Waals surface area contributed by atoms with Crippen LogP contribution in [0, 0.1) is 0 Å². The van der Waals surface area contributed by atoms with Gasteiger partial charge in [0.05, 0.1) is 34.4 Å². The number of aryl methyl sites for hydroxylation is 1. The van der Waals surface area contributed by atoms with E-state index in [-0.39, 0.29) is 0 Å². The first-order chi connectivity index (χ1) is 17.2. The minimum absolute atomic E-state index is 0.565. The van der Waals surface area contributed by atoms with Gasteiger partial charge in [0.1, 0.15) is 15.4 Å². The van der Waals surface area contributed by atoms with Gasteiger partial charge < -0.3 is 14.6 Å². The second-order valence-corrected chi connectivity index (χ2v) is 11.0. The molecule has 0 fully saturated rings. The standard InChI is InChI=1S/C24H19N7O2S2/c32-35-10-7-17-21(35)22(27-14-4-5-15-19(11-14)33-13-26-15)30-24(29-17)31-9-6-16-20(12-31)34-23(28-16)18-3-1-2-8-25-18/h1-5,8,11,13H,6-7,9-10,12H2,(H,27,29,30)/t35-/m0/s1. The van der Waals surface area contributed by atoms with E-state index in [9.17, 15) is 4.21 Å². The fourth-order valence-electron chi connectivity index (χ4n) is 4.44. The van der Waals surface area contributed by atoms with E-state index in [4.69, 9.17) is 19.4 Å². The van der Waals surface area contributed by atoms with Crippen LogP contribution in [0.1, 0.15) is 16.3 Å². The molecule has 7 rings (SSSR count). The zero-order chi connectivity index (χ0) is 23.4. The molecule has 9 nitrogen and oxygen atoms in total. The average Bonchev–Trinajstić information content (AvgIpc) is 3.62. The van der Waals surface area contributed by atoms with Crippen LogP contribution >= 0.6 is 11.3 Å². The average molecular weight is 502 g/mol. The lowest BCUT2D eigenvalue weighted by Crippen LogP contribution is -2.31. The molecule has 1 N–H and O–H groups in total. The minimum Gasteiger partial charge on any atom is -0.443 e. The lowest BCUT2D eigenvalue weighted by Gasteiger charge is -2.27. The molecule has 0 saturated carbocycles.